The van der Waals surface area contributed by atoms with E-state index in [1.165, 1.54) is 0 Å². The summed E-state index contributed by atoms with van der Waals surface area (Å²) in [6.45, 7) is 5.17. The van der Waals surface area contributed by atoms with Crippen LogP contribution in [0.25, 0.3) is 0 Å². The van der Waals surface area contributed by atoms with E-state index >= 15 is 0 Å². The molecule has 0 saturated carbocycles. The molecule has 154 valence electrons. The largest absolute Gasteiger partial charge is 0.379 e. The summed E-state index contributed by atoms with van der Waals surface area (Å²) < 4.78 is 11.3. The second kappa shape index (κ2) is 9.67. The molecule has 7 heteroatoms. The van der Waals surface area contributed by atoms with Crippen LogP contribution < -0.4 is 0 Å². The highest BCUT2D eigenvalue weighted by Crippen LogP contribution is 2.23. The standard InChI is InChI=1S/C22H26ClN3O3/c23-19-4-2-1-3-18(19)13-17-5-6-20(24-14-17)21-15-26(9-12-29-21)22(27)16-25-7-10-28-11-8-25/h1-6,14,21H,7-13,15-16H2/t21-/m1/s1. The number of aromatic nitrogens is 1. The van der Waals surface area contributed by atoms with Gasteiger partial charge in [-0.1, -0.05) is 35.9 Å². The maximum Gasteiger partial charge on any atom is 0.236 e. The molecule has 2 aromatic rings. The Bertz CT molecular complexity index is 824. The third-order valence-electron chi connectivity index (χ3n) is 5.41. The molecule has 0 unspecified atom stereocenters. The predicted molar refractivity (Wildman–Crippen MR) is 111 cm³/mol. The Morgan fingerprint density at radius 1 is 1.10 bits per heavy atom. The van der Waals surface area contributed by atoms with Crippen LogP contribution in [0, 0.1) is 0 Å². The molecule has 2 aliphatic heterocycles. The number of hydrogen-bond acceptors (Lipinski definition) is 5. The third-order valence-corrected chi connectivity index (χ3v) is 5.78. The van der Waals surface area contributed by atoms with Crippen LogP contribution in [0.3, 0.4) is 0 Å². The zero-order valence-electron chi connectivity index (χ0n) is 16.4. The molecule has 29 heavy (non-hydrogen) atoms. The molecule has 4 rings (SSSR count). The lowest BCUT2D eigenvalue weighted by Crippen LogP contribution is -2.48. The Hall–Kier alpha value is -1.99. The van der Waals surface area contributed by atoms with Crippen LogP contribution in [0.4, 0.5) is 0 Å². The van der Waals surface area contributed by atoms with Crippen LogP contribution in [-0.4, -0.2) is 73.2 Å². The molecule has 0 aliphatic carbocycles. The van der Waals surface area contributed by atoms with E-state index in [-0.39, 0.29) is 12.0 Å². The first-order valence-electron chi connectivity index (χ1n) is 10.1. The molecule has 1 atom stereocenters. The van der Waals surface area contributed by atoms with Crippen molar-refractivity contribution < 1.29 is 14.3 Å². The molecule has 1 aromatic carbocycles. The van der Waals surface area contributed by atoms with Crippen LogP contribution in [-0.2, 0) is 20.7 Å². The second-order valence-corrected chi connectivity index (χ2v) is 7.85. The van der Waals surface area contributed by atoms with Gasteiger partial charge in [-0.25, -0.2) is 0 Å². The van der Waals surface area contributed by atoms with E-state index in [0.717, 1.165) is 41.4 Å². The van der Waals surface area contributed by atoms with Crippen molar-refractivity contribution in [2.75, 3.05) is 52.5 Å². The van der Waals surface area contributed by atoms with Gasteiger partial charge >= 0.3 is 0 Å². The summed E-state index contributed by atoms with van der Waals surface area (Å²) in [5.74, 6) is 0.149. The quantitative estimate of drug-likeness (QED) is 0.751. The smallest absolute Gasteiger partial charge is 0.236 e. The first-order chi connectivity index (χ1) is 14.2. The molecule has 1 aromatic heterocycles. The van der Waals surface area contributed by atoms with Crippen LogP contribution >= 0.6 is 11.6 Å². The minimum absolute atomic E-state index is 0.149. The fourth-order valence-electron chi connectivity index (χ4n) is 3.70. The topological polar surface area (TPSA) is 54.9 Å². The van der Waals surface area contributed by atoms with E-state index in [2.05, 4.69) is 16.0 Å². The lowest BCUT2D eigenvalue weighted by Gasteiger charge is -2.35. The van der Waals surface area contributed by atoms with Gasteiger partial charge in [-0.05, 0) is 23.3 Å². The van der Waals surface area contributed by atoms with E-state index in [9.17, 15) is 4.79 Å². The van der Waals surface area contributed by atoms with Gasteiger partial charge in [-0.2, -0.15) is 0 Å². The summed E-state index contributed by atoms with van der Waals surface area (Å²) in [5, 5.41) is 0.765. The highest BCUT2D eigenvalue weighted by molar-refractivity contribution is 6.31. The number of benzene rings is 1. The fraction of sp³-hybridized carbons (Fsp3) is 0.455. The Morgan fingerprint density at radius 3 is 2.69 bits per heavy atom. The maximum absolute atomic E-state index is 12.7. The Morgan fingerprint density at radius 2 is 1.93 bits per heavy atom. The van der Waals surface area contributed by atoms with Crippen LogP contribution in [0.5, 0.6) is 0 Å². The number of rotatable bonds is 5. The SMILES string of the molecule is O=C(CN1CCOCC1)N1CCO[C@@H](c2ccc(Cc3ccccc3Cl)cn2)C1. The summed E-state index contributed by atoms with van der Waals surface area (Å²) in [4.78, 5) is 21.3. The third kappa shape index (κ3) is 5.34. The number of pyridine rings is 1. The lowest BCUT2D eigenvalue weighted by atomic mass is 10.1. The molecule has 0 N–H and O–H groups in total. The van der Waals surface area contributed by atoms with Crippen molar-refractivity contribution >= 4 is 17.5 Å². The zero-order chi connectivity index (χ0) is 20.1. The van der Waals surface area contributed by atoms with E-state index in [0.29, 0.717) is 39.5 Å². The summed E-state index contributed by atoms with van der Waals surface area (Å²) in [7, 11) is 0. The van der Waals surface area contributed by atoms with Crippen LogP contribution in [0.1, 0.15) is 22.9 Å². The van der Waals surface area contributed by atoms with E-state index in [4.69, 9.17) is 21.1 Å². The van der Waals surface area contributed by atoms with Gasteiger partial charge in [0.05, 0.1) is 38.6 Å². The minimum Gasteiger partial charge on any atom is -0.379 e. The van der Waals surface area contributed by atoms with Crippen molar-refractivity contribution in [1.82, 2.24) is 14.8 Å². The van der Waals surface area contributed by atoms with E-state index < -0.39 is 0 Å². The average molecular weight is 416 g/mol. The maximum atomic E-state index is 12.7. The summed E-state index contributed by atoms with van der Waals surface area (Å²) in [5.41, 5.74) is 3.03. The van der Waals surface area contributed by atoms with Gasteiger partial charge < -0.3 is 14.4 Å². The number of halogens is 1. The van der Waals surface area contributed by atoms with Crippen molar-refractivity contribution in [1.29, 1.82) is 0 Å². The van der Waals surface area contributed by atoms with Gasteiger partial charge in [0, 0.05) is 37.3 Å². The Kier molecular flexibility index (Phi) is 6.77. The molecule has 0 radical (unpaired) electrons. The summed E-state index contributed by atoms with van der Waals surface area (Å²) >= 11 is 6.25. The molecular formula is C22H26ClN3O3. The first-order valence-corrected chi connectivity index (χ1v) is 10.4. The minimum atomic E-state index is -0.188. The number of amides is 1. The van der Waals surface area contributed by atoms with Gasteiger partial charge in [0.2, 0.25) is 5.91 Å². The number of nitrogens with zero attached hydrogens (tertiary/aromatic N) is 3. The molecule has 6 nitrogen and oxygen atoms in total. The van der Waals surface area contributed by atoms with Gasteiger partial charge in [0.25, 0.3) is 0 Å². The summed E-state index contributed by atoms with van der Waals surface area (Å²) in [6.07, 6.45) is 2.42. The van der Waals surface area contributed by atoms with Gasteiger partial charge in [-0.3, -0.25) is 14.7 Å². The molecular weight excluding hydrogens is 390 g/mol. The van der Waals surface area contributed by atoms with E-state index in [1.807, 2.05) is 41.4 Å². The zero-order valence-corrected chi connectivity index (χ0v) is 17.2. The molecule has 3 heterocycles. The molecule has 2 saturated heterocycles. The van der Waals surface area contributed by atoms with Crippen molar-refractivity contribution in [3.05, 3.63) is 64.4 Å². The Labute approximate surface area is 176 Å². The van der Waals surface area contributed by atoms with Crippen LogP contribution in [0.15, 0.2) is 42.6 Å². The lowest BCUT2D eigenvalue weighted by molar-refractivity contribution is -0.141. The first kappa shape index (κ1) is 20.3. The molecule has 0 spiro atoms. The van der Waals surface area contributed by atoms with Gasteiger partial charge in [-0.15, -0.1) is 0 Å². The highest BCUT2D eigenvalue weighted by atomic mass is 35.5. The van der Waals surface area contributed by atoms with Gasteiger partial charge in [0.15, 0.2) is 0 Å². The Balaban J connectivity index is 1.35. The highest BCUT2D eigenvalue weighted by Gasteiger charge is 2.27. The molecule has 2 aliphatic rings. The number of morpholine rings is 2. The molecule has 2 fully saturated rings. The van der Waals surface area contributed by atoms with Crippen molar-refractivity contribution in [2.24, 2.45) is 0 Å². The van der Waals surface area contributed by atoms with Crippen LogP contribution in [0.2, 0.25) is 5.02 Å². The van der Waals surface area contributed by atoms with Crippen molar-refractivity contribution in [2.45, 2.75) is 12.5 Å². The predicted octanol–water partition coefficient (Wildman–Crippen LogP) is 2.56. The molecule has 1 amide bonds. The van der Waals surface area contributed by atoms with Crippen molar-refractivity contribution in [3.63, 3.8) is 0 Å². The van der Waals surface area contributed by atoms with E-state index in [1.54, 1.807) is 0 Å². The normalized spacial score (nSPS) is 20.6. The fourth-order valence-corrected chi connectivity index (χ4v) is 3.90. The monoisotopic (exact) mass is 415 g/mol. The summed E-state index contributed by atoms with van der Waals surface area (Å²) in [6, 6.07) is 11.9. The second-order valence-electron chi connectivity index (χ2n) is 7.45. The number of carbonyl (C=O) groups is 1. The number of hydrogen-bond donors (Lipinski definition) is 0. The van der Waals surface area contributed by atoms with Gasteiger partial charge in [0.1, 0.15) is 6.10 Å². The number of ether oxygens (including phenoxy) is 2. The average Bonchev–Trinajstić information content (AvgIpc) is 2.77. The number of carbonyl (C=O) groups excluding carboxylic acids is 1. The van der Waals surface area contributed by atoms with Crippen molar-refractivity contribution in [3.8, 4) is 0 Å². The molecule has 0 bridgehead atoms.